The van der Waals surface area contributed by atoms with Gasteiger partial charge in [-0.3, -0.25) is 0 Å². The SMILES string of the molecule is I.NC(=NCc1ccc(OC(F)(F)F)cc1)NCCCC1CC1. The van der Waals surface area contributed by atoms with E-state index in [0.29, 0.717) is 12.5 Å². The number of nitrogens with two attached hydrogens (primary N) is 1. The summed E-state index contributed by atoms with van der Waals surface area (Å²) in [4.78, 5) is 4.15. The number of ether oxygens (including phenoxy) is 1. The summed E-state index contributed by atoms with van der Waals surface area (Å²) in [5.41, 5.74) is 6.49. The standard InChI is InChI=1S/C15H20F3N3O.HI/c16-15(17,18)22-13-7-5-12(6-8-13)10-21-14(19)20-9-1-2-11-3-4-11;/h5-8,11H,1-4,9-10H2,(H3,19,20,21);1H. The van der Waals surface area contributed by atoms with Crippen LogP contribution < -0.4 is 15.8 Å². The Bertz CT molecular complexity index is 502. The lowest BCUT2D eigenvalue weighted by atomic mass is 10.2. The minimum Gasteiger partial charge on any atom is -0.406 e. The van der Waals surface area contributed by atoms with Crippen LogP contribution >= 0.6 is 24.0 Å². The highest BCUT2D eigenvalue weighted by atomic mass is 127. The summed E-state index contributed by atoms with van der Waals surface area (Å²) < 4.78 is 39.9. The third-order valence-electron chi connectivity index (χ3n) is 3.38. The Morgan fingerprint density at radius 1 is 1.26 bits per heavy atom. The van der Waals surface area contributed by atoms with Gasteiger partial charge in [0.2, 0.25) is 0 Å². The molecule has 1 aromatic carbocycles. The molecule has 0 bridgehead atoms. The van der Waals surface area contributed by atoms with Crippen molar-refractivity contribution >= 4 is 29.9 Å². The summed E-state index contributed by atoms with van der Waals surface area (Å²) in [5.74, 6) is 1.01. The van der Waals surface area contributed by atoms with E-state index in [1.54, 1.807) is 0 Å². The van der Waals surface area contributed by atoms with Crippen LogP contribution in [0.2, 0.25) is 0 Å². The van der Waals surface area contributed by atoms with Gasteiger partial charge in [0.25, 0.3) is 0 Å². The molecule has 1 fully saturated rings. The van der Waals surface area contributed by atoms with Gasteiger partial charge >= 0.3 is 6.36 Å². The van der Waals surface area contributed by atoms with Crippen molar-refractivity contribution in [2.24, 2.45) is 16.6 Å². The minimum atomic E-state index is -4.67. The average molecular weight is 443 g/mol. The fraction of sp³-hybridized carbons (Fsp3) is 0.533. The van der Waals surface area contributed by atoms with Gasteiger partial charge < -0.3 is 15.8 Å². The van der Waals surface area contributed by atoms with Gasteiger partial charge in [-0.25, -0.2) is 4.99 Å². The second kappa shape index (κ2) is 9.19. The van der Waals surface area contributed by atoms with Crippen molar-refractivity contribution in [3.05, 3.63) is 29.8 Å². The molecule has 1 aliphatic carbocycles. The summed E-state index contributed by atoms with van der Waals surface area (Å²) in [7, 11) is 0. The summed E-state index contributed by atoms with van der Waals surface area (Å²) in [6.07, 6.45) is 0.315. The van der Waals surface area contributed by atoms with E-state index in [-0.39, 0.29) is 29.7 Å². The fourth-order valence-corrected chi connectivity index (χ4v) is 2.04. The number of rotatable bonds is 7. The molecule has 4 nitrogen and oxygen atoms in total. The van der Waals surface area contributed by atoms with E-state index < -0.39 is 6.36 Å². The third kappa shape index (κ3) is 8.87. The van der Waals surface area contributed by atoms with Gasteiger partial charge in [-0.15, -0.1) is 37.1 Å². The molecule has 0 saturated heterocycles. The highest BCUT2D eigenvalue weighted by Gasteiger charge is 2.30. The predicted molar refractivity (Wildman–Crippen MR) is 93.8 cm³/mol. The van der Waals surface area contributed by atoms with Gasteiger partial charge in [0.15, 0.2) is 5.96 Å². The summed E-state index contributed by atoms with van der Waals surface area (Å²) in [6, 6.07) is 5.59. The quantitative estimate of drug-likeness (QED) is 0.292. The lowest BCUT2D eigenvalue weighted by Crippen LogP contribution is -2.32. The molecule has 0 atom stereocenters. The van der Waals surface area contributed by atoms with Gasteiger partial charge in [0.05, 0.1) is 6.54 Å². The van der Waals surface area contributed by atoms with Gasteiger partial charge in [0, 0.05) is 6.54 Å². The molecule has 0 spiro atoms. The van der Waals surface area contributed by atoms with E-state index in [2.05, 4.69) is 15.0 Å². The zero-order chi connectivity index (χ0) is 16.0. The first kappa shape index (κ1) is 19.9. The zero-order valence-electron chi connectivity index (χ0n) is 12.6. The van der Waals surface area contributed by atoms with E-state index in [9.17, 15) is 13.2 Å². The minimum absolute atomic E-state index is 0. The Morgan fingerprint density at radius 2 is 1.91 bits per heavy atom. The lowest BCUT2D eigenvalue weighted by Gasteiger charge is -2.09. The van der Waals surface area contributed by atoms with Gasteiger partial charge in [-0.2, -0.15) is 0 Å². The molecule has 1 saturated carbocycles. The second-order valence-corrected chi connectivity index (χ2v) is 5.41. The van der Waals surface area contributed by atoms with Crippen molar-refractivity contribution in [2.75, 3.05) is 6.54 Å². The molecular weight excluding hydrogens is 422 g/mol. The van der Waals surface area contributed by atoms with Crippen molar-refractivity contribution in [3.8, 4) is 5.75 Å². The Morgan fingerprint density at radius 3 is 2.48 bits per heavy atom. The monoisotopic (exact) mass is 443 g/mol. The molecule has 3 N–H and O–H groups in total. The zero-order valence-corrected chi connectivity index (χ0v) is 14.9. The number of nitrogens with zero attached hydrogens (tertiary/aromatic N) is 1. The van der Waals surface area contributed by atoms with E-state index in [0.717, 1.165) is 24.4 Å². The average Bonchev–Trinajstić information content (AvgIpc) is 3.25. The van der Waals surface area contributed by atoms with Crippen LogP contribution in [0, 0.1) is 5.92 Å². The molecule has 1 aromatic rings. The number of guanidine groups is 1. The lowest BCUT2D eigenvalue weighted by molar-refractivity contribution is -0.274. The highest BCUT2D eigenvalue weighted by Crippen LogP contribution is 2.33. The molecule has 0 radical (unpaired) electrons. The molecule has 8 heteroatoms. The molecule has 0 aromatic heterocycles. The molecule has 0 amide bonds. The second-order valence-electron chi connectivity index (χ2n) is 5.41. The van der Waals surface area contributed by atoms with Crippen molar-refractivity contribution in [2.45, 2.75) is 38.6 Å². The summed E-state index contributed by atoms with van der Waals surface area (Å²) >= 11 is 0. The van der Waals surface area contributed by atoms with Crippen molar-refractivity contribution in [1.29, 1.82) is 0 Å². The third-order valence-corrected chi connectivity index (χ3v) is 3.38. The number of nitrogens with one attached hydrogen (secondary N) is 1. The Balaban J connectivity index is 0.00000264. The number of halogens is 4. The number of alkyl halides is 3. The van der Waals surface area contributed by atoms with Gasteiger partial charge in [-0.1, -0.05) is 25.0 Å². The maximum atomic E-state index is 12.0. The van der Waals surface area contributed by atoms with Crippen LogP contribution in [0.25, 0.3) is 0 Å². The first-order chi connectivity index (χ1) is 10.4. The predicted octanol–water partition coefficient (Wildman–Crippen LogP) is 3.80. The van der Waals surface area contributed by atoms with Crippen molar-refractivity contribution in [3.63, 3.8) is 0 Å². The van der Waals surface area contributed by atoms with Crippen LogP contribution in [0.15, 0.2) is 29.3 Å². The van der Waals surface area contributed by atoms with Crippen LogP contribution in [0.5, 0.6) is 5.75 Å². The van der Waals surface area contributed by atoms with E-state index >= 15 is 0 Å². The van der Waals surface area contributed by atoms with Gasteiger partial charge in [0.1, 0.15) is 5.75 Å². The Hall–Kier alpha value is -1.19. The van der Waals surface area contributed by atoms with Crippen molar-refractivity contribution in [1.82, 2.24) is 5.32 Å². The molecule has 0 unspecified atom stereocenters. The normalized spacial score (nSPS) is 15.0. The molecule has 0 aliphatic heterocycles. The van der Waals surface area contributed by atoms with Crippen LogP contribution in [0.1, 0.15) is 31.2 Å². The van der Waals surface area contributed by atoms with E-state index in [4.69, 9.17) is 5.73 Å². The largest absolute Gasteiger partial charge is 0.573 e. The Labute approximate surface area is 150 Å². The fourth-order valence-electron chi connectivity index (χ4n) is 2.04. The molecule has 1 aliphatic rings. The molecular formula is C15H21F3IN3O. The molecule has 2 rings (SSSR count). The maximum absolute atomic E-state index is 12.0. The van der Waals surface area contributed by atoms with E-state index in [1.807, 2.05) is 0 Å². The van der Waals surface area contributed by atoms with E-state index in [1.165, 1.54) is 43.5 Å². The highest BCUT2D eigenvalue weighted by molar-refractivity contribution is 14.0. The molecule has 23 heavy (non-hydrogen) atoms. The van der Waals surface area contributed by atoms with Gasteiger partial charge in [-0.05, 0) is 36.5 Å². The number of aliphatic imine (C=N–C) groups is 1. The first-order valence-corrected chi connectivity index (χ1v) is 7.31. The maximum Gasteiger partial charge on any atom is 0.573 e. The molecule has 130 valence electrons. The smallest absolute Gasteiger partial charge is 0.406 e. The van der Waals surface area contributed by atoms with Crippen LogP contribution in [-0.4, -0.2) is 18.9 Å². The van der Waals surface area contributed by atoms with Crippen molar-refractivity contribution < 1.29 is 17.9 Å². The Kier molecular flexibility index (Phi) is 7.93. The summed E-state index contributed by atoms with van der Waals surface area (Å²) in [5, 5.41) is 3.03. The summed E-state index contributed by atoms with van der Waals surface area (Å²) in [6.45, 7) is 1.11. The number of benzene rings is 1. The molecule has 0 heterocycles. The number of hydrogen-bond donors (Lipinski definition) is 2. The topological polar surface area (TPSA) is 59.6 Å². The van der Waals surface area contributed by atoms with Crippen LogP contribution in [-0.2, 0) is 6.54 Å². The van der Waals surface area contributed by atoms with Crippen LogP contribution in [0.3, 0.4) is 0 Å². The van der Waals surface area contributed by atoms with Crippen LogP contribution in [0.4, 0.5) is 13.2 Å². The number of hydrogen-bond acceptors (Lipinski definition) is 2. The first-order valence-electron chi connectivity index (χ1n) is 7.31.